The summed E-state index contributed by atoms with van der Waals surface area (Å²) >= 11 is 0. The Balaban J connectivity index is 3.55. The quantitative estimate of drug-likeness (QED) is 0.640. The molecule has 3 N–H and O–H groups in total. The summed E-state index contributed by atoms with van der Waals surface area (Å²) in [4.78, 5) is 12.4. The summed E-state index contributed by atoms with van der Waals surface area (Å²) in [5.74, 6) is -0.225. The van der Waals surface area contributed by atoms with Crippen molar-refractivity contribution in [3.63, 3.8) is 0 Å². The van der Waals surface area contributed by atoms with E-state index in [4.69, 9.17) is 10.8 Å². The molecule has 0 rings (SSSR count). The van der Waals surface area contributed by atoms with Crippen LogP contribution in [0.15, 0.2) is 0 Å². The van der Waals surface area contributed by atoms with Crippen LogP contribution in [0.1, 0.15) is 26.7 Å². The maximum absolute atomic E-state index is 10.5. The summed E-state index contributed by atoms with van der Waals surface area (Å²) in [5, 5.41) is 8.59. The molecule has 0 spiro atoms. The van der Waals surface area contributed by atoms with Gasteiger partial charge in [0.15, 0.2) is 0 Å². The number of carbonyl (C=O) groups is 1. The van der Waals surface area contributed by atoms with E-state index in [1.54, 1.807) is 0 Å². The largest absolute Gasteiger partial charge is 0.480 e. The van der Waals surface area contributed by atoms with Crippen molar-refractivity contribution in [2.75, 3.05) is 20.1 Å². The van der Waals surface area contributed by atoms with E-state index in [1.807, 2.05) is 11.9 Å². The third kappa shape index (κ3) is 6.86. The van der Waals surface area contributed by atoms with Crippen LogP contribution < -0.4 is 5.73 Å². The third-order valence-corrected chi connectivity index (χ3v) is 2.15. The van der Waals surface area contributed by atoms with E-state index in [0.717, 1.165) is 13.0 Å². The van der Waals surface area contributed by atoms with Gasteiger partial charge in [0.25, 0.3) is 0 Å². The average Bonchev–Trinajstić information content (AvgIpc) is 2.02. The zero-order chi connectivity index (χ0) is 11.1. The topological polar surface area (TPSA) is 66.6 Å². The second kappa shape index (κ2) is 6.79. The Morgan fingerprint density at radius 1 is 1.50 bits per heavy atom. The molecule has 84 valence electrons. The number of hydrogen-bond donors (Lipinski definition) is 2. The molecule has 0 heterocycles. The van der Waals surface area contributed by atoms with Crippen molar-refractivity contribution in [1.82, 2.24) is 4.90 Å². The van der Waals surface area contributed by atoms with Crippen molar-refractivity contribution >= 4 is 5.97 Å². The van der Waals surface area contributed by atoms with E-state index in [-0.39, 0.29) is 0 Å². The van der Waals surface area contributed by atoms with Gasteiger partial charge < -0.3 is 15.7 Å². The molecule has 14 heavy (non-hydrogen) atoms. The highest BCUT2D eigenvalue weighted by Crippen LogP contribution is 2.04. The van der Waals surface area contributed by atoms with E-state index in [0.29, 0.717) is 12.5 Å². The van der Waals surface area contributed by atoms with Gasteiger partial charge in [-0.3, -0.25) is 4.79 Å². The SMILES string of the molecule is CC(C)CCCN(C)CC(N)C(=O)O. The van der Waals surface area contributed by atoms with Crippen LogP contribution in [0.3, 0.4) is 0 Å². The lowest BCUT2D eigenvalue weighted by Crippen LogP contribution is -2.41. The van der Waals surface area contributed by atoms with Crippen molar-refractivity contribution in [3.05, 3.63) is 0 Å². The minimum atomic E-state index is -0.930. The summed E-state index contributed by atoms with van der Waals surface area (Å²) in [5.41, 5.74) is 5.41. The van der Waals surface area contributed by atoms with E-state index in [1.165, 1.54) is 6.42 Å². The van der Waals surface area contributed by atoms with Crippen molar-refractivity contribution < 1.29 is 9.90 Å². The van der Waals surface area contributed by atoms with Gasteiger partial charge in [0.05, 0.1) is 0 Å². The number of hydrogen-bond acceptors (Lipinski definition) is 3. The normalized spacial score (nSPS) is 13.6. The number of carboxylic acids is 1. The Kier molecular flexibility index (Phi) is 6.49. The fourth-order valence-corrected chi connectivity index (χ4v) is 1.27. The van der Waals surface area contributed by atoms with Gasteiger partial charge in [0.2, 0.25) is 0 Å². The fourth-order valence-electron chi connectivity index (χ4n) is 1.27. The molecule has 0 aromatic heterocycles. The number of nitrogens with two attached hydrogens (primary N) is 1. The van der Waals surface area contributed by atoms with Crippen LogP contribution in [0, 0.1) is 5.92 Å². The Bertz CT molecular complexity index is 172. The van der Waals surface area contributed by atoms with Crippen molar-refractivity contribution in [1.29, 1.82) is 0 Å². The first-order valence-electron chi connectivity index (χ1n) is 5.10. The van der Waals surface area contributed by atoms with Gasteiger partial charge in [-0.1, -0.05) is 13.8 Å². The van der Waals surface area contributed by atoms with Crippen LogP contribution in [0.2, 0.25) is 0 Å². The molecule has 0 saturated carbocycles. The second-order valence-electron chi connectivity index (χ2n) is 4.24. The molecule has 0 aliphatic rings. The van der Waals surface area contributed by atoms with Gasteiger partial charge in [0, 0.05) is 6.54 Å². The fraction of sp³-hybridized carbons (Fsp3) is 0.900. The molecule has 0 fully saturated rings. The summed E-state index contributed by atoms with van der Waals surface area (Å²) in [6, 6.07) is -0.765. The molecule has 4 nitrogen and oxygen atoms in total. The van der Waals surface area contributed by atoms with Gasteiger partial charge in [-0.2, -0.15) is 0 Å². The van der Waals surface area contributed by atoms with Crippen molar-refractivity contribution in [2.45, 2.75) is 32.7 Å². The molecule has 0 aliphatic heterocycles. The van der Waals surface area contributed by atoms with E-state index < -0.39 is 12.0 Å². The Morgan fingerprint density at radius 3 is 2.50 bits per heavy atom. The molecule has 0 radical (unpaired) electrons. The highest BCUT2D eigenvalue weighted by Gasteiger charge is 2.13. The predicted octanol–water partition coefficient (Wildman–Crippen LogP) is 0.766. The zero-order valence-electron chi connectivity index (χ0n) is 9.36. The van der Waals surface area contributed by atoms with Crippen LogP contribution in [-0.2, 0) is 4.79 Å². The highest BCUT2D eigenvalue weighted by atomic mass is 16.4. The van der Waals surface area contributed by atoms with Gasteiger partial charge >= 0.3 is 5.97 Å². The Labute approximate surface area is 86.1 Å². The Morgan fingerprint density at radius 2 is 2.07 bits per heavy atom. The predicted molar refractivity (Wildman–Crippen MR) is 57.2 cm³/mol. The number of carboxylic acid groups (broad SMARTS) is 1. The molecule has 4 heteroatoms. The smallest absolute Gasteiger partial charge is 0.321 e. The molecule has 0 aliphatic carbocycles. The number of aliphatic carboxylic acids is 1. The van der Waals surface area contributed by atoms with E-state index >= 15 is 0 Å². The van der Waals surface area contributed by atoms with Crippen LogP contribution in [0.4, 0.5) is 0 Å². The van der Waals surface area contributed by atoms with Gasteiger partial charge in [-0.25, -0.2) is 0 Å². The third-order valence-electron chi connectivity index (χ3n) is 2.15. The molecule has 0 saturated heterocycles. The second-order valence-corrected chi connectivity index (χ2v) is 4.24. The average molecular weight is 202 g/mol. The lowest BCUT2D eigenvalue weighted by atomic mass is 10.1. The minimum Gasteiger partial charge on any atom is -0.480 e. The van der Waals surface area contributed by atoms with Crippen LogP contribution in [0.25, 0.3) is 0 Å². The maximum atomic E-state index is 10.5. The first-order chi connectivity index (χ1) is 6.43. The lowest BCUT2D eigenvalue weighted by molar-refractivity contribution is -0.138. The lowest BCUT2D eigenvalue weighted by Gasteiger charge is -2.19. The van der Waals surface area contributed by atoms with Gasteiger partial charge in [0.1, 0.15) is 6.04 Å². The summed E-state index contributed by atoms with van der Waals surface area (Å²) in [6.45, 7) is 5.71. The minimum absolute atomic E-state index is 0.424. The Hall–Kier alpha value is -0.610. The molecular formula is C10H22N2O2. The number of likely N-dealkylation sites (N-methyl/N-ethyl adjacent to an activating group) is 1. The van der Waals surface area contributed by atoms with E-state index in [9.17, 15) is 4.79 Å². The molecule has 0 bridgehead atoms. The summed E-state index contributed by atoms with van der Waals surface area (Å²) < 4.78 is 0. The first kappa shape index (κ1) is 13.4. The van der Waals surface area contributed by atoms with Gasteiger partial charge in [-0.15, -0.1) is 0 Å². The summed E-state index contributed by atoms with van der Waals surface area (Å²) in [7, 11) is 1.91. The van der Waals surface area contributed by atoms with Gasteiger partial charge in [-0.05, 0) is 32.4 Å². The van der Waals surface area contributed by atoms with Crippen molar-refractivity contribution in [2.24, 2.45) is 11.7 Å². The summed E-state index contributed by atoms with van der Waals surface area (Å²) in [6.07, 6.45) is 2.27. The zero-order valence-corrected chi connectivity index (χ0v) is 9.36. The maximum Gasteiger partial charge on any atom is 0.321 e. The molecule has 1 unspecified atom stereocenters. The van der Waals surface area contributed by atoms with Crippen LogP contribution in [-0.4, -0.2) is 42.2 Å². The molecule has 0 aromatic carbocycles. The highest BCUT2D eigenvalue weighted by molar-refractivity contribution is 5.73. The van der Waals surface area contributed by atoms with Crippen LogP contribution in [0.5, 0.6) is 0 Å². The standard InChI is InChI=1S/C10H22N2O2/c1-8(2)5-4-6-12(3)7-9(11)10(13)14/h8-9H,4-7,11H2,1-3H3,(H,13,14). The van der Waals surface area contributed by atoms with E-state index in [2.05, 4.69) is 13.8 Å². The molecular weight excluding hydrogens is 180 g/mol. The monoisotopic (exact) mass is 202 g/mol. The van der Waals surface area contributed by atoms with Crippen molar-refractivity contribution in [3.8, 4) is 0 Å². The number of nitrogens with zero attached hydrogens (tertiary/aromatic N) is 1. The number of rotatable bonds is 7. The molecule has 0 amide bonds. The first-order valence-corrected chi connectivity index (χ1v) is 5.10. The molecule has 1 atom stereocenters. The van der Waals surface area contributed by atoms with Crippen LogP contribution >= 0.6 is 0 Å². The molecule has 0 aromatic rings.